The Morgan fingerprint density at radius 2 is 2.00 bits per heavy atom. The molecule has 3 nitrogen and oxygen atoms in total. The molecular formula is C17H17N3. The molecule has 0 fully saturated rings. The van der Waals surface area contributed by atoms with E-state index < -0.39 is 0 Å². The fourth-order valence-electron chi connectivity index (χ4n) is 2.45. The Balaban J connectivity index is 1.91. The first-order valence-electron chi connectivity index (χ1n) is 6.77. The quantitative estimate of drug-likeness (QED) is 0.786. The molecule has 0 bridgehead atoms. The molecule has 0 amide bonds. The number of hydrogen-bond donors (Lipinski definition) is 1. The minimum atomic E-state index is 0.281. The van der Waals surface area contributed by atoms with Gasteiger partial charge in [0.2, 0.25) is 0 Å². The topological polar surface area (TPSA) is 37.8 Å². The lowest BCUT2D eigenvalue weighted by Crippen LogP contribution is -2.18. The normalized spacial score (nSPS) is 12.4. The van der Waals surface area contributed by atoms with Crippen LogP contribution in [-0.4, -0.2) is 17.0 Å². The van der Waals surface area contributed by atoms with Gasteiger partial charge in [0.05, 0.1) is 5.52 Å². The summed E-state index contributed by atoms with van der Waals surface area (Å²) in [5.41, 5.74) is 3.54. The number of likely N-dealkylation sites (N-methyl/N-ethyl adjacent to an activating group) is 1. The van der Waals surface area contributed by atoms with E-state index in [0.717, 1.165) is 11.9 Å². The molecule has 0 spiro atoms. The summed E-state index contributed by atoms with van der Waals surface area (Å²) in [4.78, 5) is 8.54. The van der Waals surface area contributed by atoms with Gasteiger partial charge in [0.1, 0.15) is 0 Å². The Kier molecular flexibility index (Phi) is 3.70. The maximum absolute atomic E-state index is 4.36. The zero-order chi connectivity index (χ0) is 13.8. The van der Waals surface area contributed by atoms with E-state index in [2.05, 4.69) is 45.6 Å². The zero-order valence-corrected chi connectivity index (χ0v) is 11.5. The highest BCUT2D eigenvalue weighted by Gasteiger charge is 2.10. The summed E-state index contributed by atoms with van der Waals surface area (Å²) in [5.74, 6) is 0. The van der Waals surface area contributed by atoms with Crippen molar-refractivity contribution in [2.24, 2.45) is 0 Å². The van der Waals surface area contributed by atoms with Gasteiger partial charge >= 0.3 is 0 Å². The Bertz CT molecular complexity index is 695. The molecule has 0 saturated carbocycles. The highest BCUT2D eigenvalue weighted by Crippen LogP contribution is 2.21. The predicted octanol–water partition coefficient (Wildman–Crippen LogP) is 3.13. The SMILES string of the molecule is CNC(Cc1cccnc1)c1ccc2ncccc2c1. The molecule has 2 heterocycles. The van der Waals surface area contributed by atoms with Crippen LogP contribution in [0.25, 0.3) is 10.9 Å². The fourth-order valence-corrected chi connectivity index (χ4v) is 2.45. The lowest BCUT2D eigenvalue weighted by Gasteiger charge is -2.17. The summed E-state index contributed by atoms with van der Waals surface area (Å²) in [7, 11) is 1.99. The van der Waals surface area contributed by atoms with Crippen molar-refractivity contribution in [2.45, 2.75) is 12.5 Å². The molecular weight excluding hydrogens is 246 g/mol. The van der Waals surface area contributed by atoms with Crippen molar-refractivity contribution in [2.75, 3.05) is 7.05 Å². The second-order valence-corrected chi connectivity index (χ2v) is 4.86. The minimum Gasteiger partial charge on any atom is -0.313 e. The van der Waals surface area contributed by atoms with Gasteiger partial charge in [0.25, 0.3) is 0 Å². The van der Waals surface area contributed by atoms with E-state index in [1.807, 2.05) is 31.6 Å². The second-order valence-electron chi connectivity index (χ2n) is 4.86. The molecule has 3 aromatic rings. The first kappa shape index (κ1) is 12.8. The van der Waals surface area contributed by atoms with Crippen LogP contribution in [0.3, 0.4) is 0 Å². The summed E-state index contributed by atoms with van der Waals surface area (Å²) in [6, 6.07) is 14.9. The zero-order valence-electron chi connectivity index (χ0n) is 11.5. The van der Waals surface area contributed by atoms with E-state index in [-0.39, 0.29) is 6.04 Å². The summed E-state index contributed by atoms with van der Waals surface area (Å²) < 4.78 is 0. The first-order valence-corrected chi connectivity index (χ1v) is 6.77. The lowest BCUT2D eigenvalue weighted by atomic mass is 9.98. The van der Waals surface area contributed by atoms with Gasteiger partial charge < -0.3 is 5.32 Å². The first-order chi connectivity index (χ1) is 9.86. The van der Waals surface area contributed by atoms with Gasteiger partial charge in [-0.3, -0.25) is 9.97 Å². The molecule has 3 rings (SSSR count). The Labute approximate surface area is 118 Å². The van der Waals surface area contributed by atoms with Gasteiger partial charge in [0.15, 0.2) is 0 Å². The highest BCUT2D eigenvalue weighted by atomic mass is 14.9. The molecule has 3 heteroatoms. The number of nitrogens with zero attached hydrogens (tertiary/aromatic N) is 2. The molecule has 0 aliphatic heterocycles. The number of benzene rings is 1. The van der Waals surface area contributed by atoms with Crippen molar-refractivity contribution in [3.05, 3.63) is 72.2 Å². The molecule has 0 aliphatic rings. The molecule has 1 N–H and O–H groups in total. The number of nitrogens with one attached hydrogen (secondary N) is 1. The largest absolute Gasteiger partial charge is 0.313 e. The van der Waals surface area contributed by atoms with E-state index in [1.54, 1.807) is 6.20 Å². The van der Waals surface area contributed by atoms with Crippen LogP contribution in [-0.2, 0) is 6.42 Å². The van der Waals surface area contributed by atoms with Crippen molar-refractivity contribution in [1.29, 1.82) is 0 Å². The molecule has 100 valence electrons. The standard InChI is InChI=1S/C17H17N3/c1-18-17(10-13-4-2-8-19-12-13)15-6-7-16-14(11-15)5-3-9-20-16/h2-9,11-12,17-18H,10H2,1H3. The van der Waals surface area contributed by atoms with Crippen LogP contribution < -0.4 is 5.32 Å². The van der Waals surface area contributed by atoms with Crippen LogP contribution in [0.5, 0.6) is 0 Å². The third kappa shape index (κ3) is 2.68. The van der Waals surface area contributed by atoms with E-state index >= 15 is 0 Å². The highest BCUT2D eigenvalue weighted by molar-refractivity contribution is 5.79. The second kappa shape index (κ2) is 5.80. The van der Waals surface area contributed by atoms with Crippen LogP contribution in [0.2, 0.25) is 0 Å². The maximum Gasteiger partial charge on any atom is 0.0702 e. The molecule has 1 atom stereocenters. The van der Waals surface area contributed by atoms with Crippen LogP contribution in [0.1, 0.15) is 17.2 Å². The maximum atomic E-state index is 4.36. The molecule has 0 radical (unpaired) electrons. The van der Waals surface area contributed by atoms with Gasteiger partial charge in [-0.05, 0) is 48.9 Å². The van der Waals surface area contributed by atoms with Crippen molar-refractivity contribution in [3.8, 4) is 0 Å². The fraction of sp³-hybridized carbons (Fsp3) is 0.176. The van der Waals surface area contributed by atoms with E-state index in [9.17, 15) is 0 Å². The molecule has 0 aliphatic carbocycles. The predicted molar refractivity (Wildman–Crippen MR) is 81.5 cm³/mol. The number of rotatable bonds is 4. The Morgan fingerprint density at radius 1 is 1.10 bits per heavy atom. The number of pyridine rings is 2. The lowest BCUT2D eigenvalue weighted by molar-refractivity contribution is 0.592. The van der Waals surface area contributed by atoms with Gasteiger partial charge in [-0.15, -0.1) is 0 Å². The smallest absolute Gasteiger partial charge is 0.0702 e. The third-order valence-corrected chi connectivity index (χ3v) is 3.54. The van der Waals surface area contributed by atoms with Crippen molar-refractivity contribution >= 4 is 10.9 Å². The monoisotopic (exact) mass is 263 g/mol. The molecule has 0 saturated heterocycles. The summed E-state index contributed by atoms with van der Waals surface area (Å²) in [6.45, 7) is 0. The van der Waals surface area contributed by atoms with E-state index in [4.69, 9.17) is 0 Å². The third-order valence-electron chi connectivity index (χ3n) is 3.54. The Morgan fingerprint density at radius 3 is 2.80 bits per heavy atom. The van der Waals surface area contributed by atoms with Gasteiger partial charge in [0, 0.05) is 30.0 Å². The van der Waals surface area contributed by atoms with Crippen molar-refractivity contribution in [3.63, 3.8) is 0 Å². The average Bonchev–Trinajstić information content (AvgIpc) is 2.53. The summed E-state index contributed by atoms with van der Waals surface area (Å²) >= 11 is 0. The van der Waals surface area contributed by atoms with E-state index in [0.29, 0.717) is 0 Å². The van der Waals surface area contributed by atoms with Crippen LogP contribution in [0.4, 0.5) is 0 Å². The molecule has 1 unspecified atom stereocenters. The van der Waals surface area contributed by atoms with E-state index in [1.165, 1.54) is 16.5 Å². The van der Waals surface area contributed by atoms with Gasteiger partial charge in [-0.1, -0.05) is 18.2 Å². The van der Waals surface area contributed by atoms with Gasteiger partial charge in [-0.2, -0.15) is 0 Å². The van der Waals surface area contributed by atoms with Crippen LogP contribution in [0, 0.1) is 0 Å². The molecule has 20 heavy (non-hydrogen) atoms. The molecule has 1 aromatic carbocycles. The van der Waals surface area contributed by atoms with Crippen LogP contribution >= 0.6 is 0 Å². The van der Waals surface area contributed by atoms with Gasteiger partial charge in [-0.25, -0.2) is 0 Å². The summed E-state index contributed by atoms with van der Waals surface area (Å²) in [6.07, 6.45) is 6.48. The van der Waals surface area contributed by atoms with Crippen molar-refractivity contribution in [1.82, 2.24) is 15.3 Å². The van der Waals surface area contributed by atoms with Crippen molar-refractivity contribution < 1.29 is 0 Å². The van der Waals surface area contributed by atoms with Crippen LogP contribution in [0.15, 0.2) is 61.1 Å². The average molecular weight is 263 g/mol. The summed E-state index contributed by atoms with van der Waals surface area (Å²) in [5, 5.41) is 4.56. The minimum absolute atomic E-state index is 0.281. The Hall–Kier alpha value is -2.26. The number of hydrogen-bond acceptors (Lipinski definition) is 3. The number of aromatic nitrogens is 2. The molecule has 2 aromatic heterocycles. The number of fused-ring (bicyclic) bond motifs is 1.